The Bertz CT molecular complexity index is 622. The molecule has 3 nitrogen and oxygen atoms in total. The summed E-state index contributed by atoms with van der Waals surface area (Å²) in [4.78, 5) is 3.32. The summed E-state index contributed by atoms with van der Waals surface area (Å²) in [6.07, 6.45) is 1.41. The molecule has 0 bridgehead atoms. The van der Waals surface area contributed by atoms with Gasteiger partial charge in [-0.15, -0.1) is 11.3 Å². The number of thiophene rings is 1. The number of ether oxygens (including phenoxy) is 1. The second-order valence-corrected chi connectivity index (χ2v) is 7.36. The quantitative estimate of drug-likeness (QED) is 0.933. The molecule has 1 aromatic carbocycles. The molecule has 1 N–H and O–H groups in total. The van der Waals surface area contributed by atoms with Gasteiger partial charge in [0.2, 0.25) is 0 Å². The van der Waals surface area contributed by atoms with E-state index in [4.69, 9.17) is 16.3 Å². The van der Waals surface area contributed by atoms with Gasteiger partial charge in [0.15, 0.2) is 0 Å². The van der Waals surface area contributed by atoms with Crippen LogP contribution in [0.4, 0.5) is 0 Å². The Balaban J connectivity index is 1.71. The van der Waals surface area contributed by atoms with Gasteiger partial charge in [-0.2, -0.15) is 0 Å². The largest absolute Gasteiger partial charge is 0.388 e. The summed E-state index contributed by atoms with van der Waals surface area (Å²) in [5.41, 5.74) is -0.629. The summed E-state index contributed by atoms with van der Waals surface area (Å²) < 4.78 is 6.54. The monoisotopic (exact) mass is 325 g/mol. The van der Waals surface area contributed by atoms with Crippen molar-refractivity contribution < 1.29 is 9.84 Å². The summed E-state index contributed by atoms with van der Waals surface area (Å²) in [5.74, 6) is 0. The third-order valence-corrected chi connectivity index (χ3v) is 5.70. The van der Waals surface area contributed by atoms with Gasteiger partial charge < -0.3 is 9.84 Å². The van der Waals surface area contributed by atoms with Gasteiger partial charge in [-0.3, -0.25) is 4.90 Å². The molecule has 0 amide bonds. The van der Waals surface area contributed by atoms with E-state index in [1.54, 1.807) is 11.3 Å². The fraction of sp³-hybridized carbons (Fsp3) is 0.500. The molecule has 0 radical (unpaired) electrons. The molecular weight excluding hydrogens is 306 g/mol. The Hall–Kier alpha value is -0.650. The lowest BCUT2D eigenvalue weighted by atomic mass is 9.94. The van der Waals surface area contributed by atoms with E-state index in [1.807, 2.05) is 19.2 Å². The van der Waals surface area contributed by atoms with Crippen molar-refractivity contribution in [2.75, 3.05) is 26.8 Å². The second-order valence-electron chi connectivity index (χ2n) is 5.84. The maximum Gasteiger partial charge on any atom is 0.0817 e. The highest BCUT2D eigenvalue weighted by Gasteiger charge is 2.31. The molecule has 1 saturated heterocycles. The maximum atomic E-state index is 10.6. The number of fused-ring (bicyclic) bond motifs is 1. The number of rotatable bonds is 4. The van der Waals surface area contributed by atoms with E-state index < -0.39 is 5.60 Å². The molecule has 0 saturated carbocycles. The van der Waals surface area contributed by atoms with Crippen molar-refractivity contribution >= 4 is 33.0 Å². The highest BCUT2D eigenvalue weighted by Crippen LogP contribution is 2.36. The van der Waals surface area contributed by atoms with E-state index in [2.05, 4.69) is 17.0 Å². The first-order chi connectivity index (χ1) is 10.1. The zero-order valence-electron chi connectivity index (χ0n) is 12.1. The van der Waals surface area contributed by atoms with E-state index in [1.165, 1.54) is 4.70 Å². The van der Waals surface area contributed by atoms with E-state index in [-0.39, 0.29) is 0 Å². The van der Waals surface area contributed by atoms with Crippen LogP contribution < -0.4 is 0 Å². The Morgan fingerprint density at radius 2 is 2.05 bits per heavy atom. The topological polar surface area (TPSA) is 32.7 Å². The van der Waals surface area contributed by atoms with Crippen LogP contribution in [0.5, 0.6) is 0 Å². The van der Waals surface area contributed by atoms with Crippen LogP contribution in [0.15, 0.2) is 24.3 Å². The molecular formula is C16H20ClNO2S. The molecule has 3 rings (SSSR count). The van der Waals surface area contributed by atoms with Crippen molar-refractivity contribution in [3.05, 3.63) is 34.2 Å². The van der Waals surface area contributed by atoms with E-state index in [0.29, 0.717) is 32.6 Å². The van der Waals surface area contributed by atoms with Crippen molar-refractivity contribution in [1.82, 2.24) is 4.90 Å². The predicted octanol–water partition coefficient (Wildman–Crippen LogP) is 3.53. The molecule has 1 aliphatic rings. The van der Waals surface area contributed by atoms with Gasteiger partial charge in [0.25, 0.3) is 0 Å². The van der Waals surface area contributed by atoms with Crippen LogP contribution in [0, 0.1) is 0 Å². The highest BCUT2D eigenvalue weighted by atomic mass is 35.5. The van der Waals surface area contributed by atoms with Crippen LogP contribution >= 0.6 is 22.9 Å². The minimum Gasteiger partial charge on any atom is -0.388 e. The molecule has 2 aromatic rings. The number of halogens is 1. The molecule has 0 aliphatic carbocycles. The standard InChI is InChI=1S/C16H20ClNO2S/c1-18(11-16(19)6-8-20-9-7-16)10-14-15(17)12-4-2-3-5-13(12)21-14/h2-5,19H,6-11H2,1H3. The minimum absolute atomic E-state index is 0.629. The molecule has 21 heavy (non-hydrogen) atoms. The average molecular weight is 326 g/mol. The fourth-order valence-electron chi connectivity index (χ4n) is 2.88. The van der Waals surface area contributed by atoms with E-state index in [0.717, 1.165) is 21.8 Å². The number of hydrogen-bond donors (Lipinski definition) is 1. The average Bonchev–Trinajstić information content (AvgIpc) is 2.76. The van der Waals surface area contributed by atoms with Gasteiger partial charge in [0, 0.05) is 54.1 Å². The normalized spacial score (nSPS) is 18.5. The van der Waals surface area contributed by atoms with E-state index >= 15 is 0 Å². The Morgan fingerprint density at radius 1 is 1.33 bits per heavy atom. The smallest absolute Gasteiger partial charge is 0.0817 e. The Morgan fingerprint density at radius 3 is 2.76 bits per heavy atom. The van der Waals surface area contributed by atoms with Crippen molar-refractivity contribution in [1.29, 1.82) is 0 Å². The molecule has 0 atom stereocenters. The maximum absolute atomic E-state index is 10.6. The third kappa shape index (κ3) is 3.41. The van der Waals surface area contributed by atoms with Crippen LogP contribution in [-0.2, 0) is 11.3 Å². The van der Waals surface area contributed by atoms with Crippen LogP contribution in [0.3, 0.4) is 0 Å². The number of benzene rings is 1. The van der Waals surface area contributed by atoms with Gasteiger partial charge in [-0.05, 0) is 13.1 Å². The van der Waals surface area contributed by atoms with Crippen molar-refractivity contribution in [3.63, 3.8) is 0 Å². The molecule has 2 heterocycles. The van der Waals surface area contributed by atoms with Gasteiger partial charge in [0.1, 0.15) is 0 Å². The summed E-state index contributed by atoms with van der Waals surface area (Å²) >= 11 is 8.21. The number of likely N-dealkylation sites (N-methyl/N-ethyl adjacent to an activating group) is 1. The van der Waals surface area contributed by atoms with Crippen molar-refractivity contribution in [3.8, 4) is 0 Å². The first-order valence-corrected chi connectivity index (χ1v) is 8.41. The molecule has 114 valence electrons. The molecule has 5 heteroatoms. The van der Waals surface area contributed by atoms with Crippen molar-refractivity contribution in [2.45, 2.75) is 25.0 Å². The molecule has 1 aliphatic heterocycles. The highest BCUT2D eigenvalue weighted by molar-refractivity contribution is 7.19. The molecule has 1 fully saturated rings. The fourth-order valence-corrected chi connectivity index (χ4v) is 4.45. The van der Waals surface area contributed by atoms with Crippen LogP contribution in [0.25, 0.3) is 10.1 Å². The van der Waals surface area contributed by atoms with Crippen molar-refractivity contribution in [2.24, 2.45) is 0 Å². The SMILES string of the molecule is CN(Cc1sc2ccccc2c1Cl)CC1(O)CCOCC1. The molecule has 0 unspecified atom stereocenters. The van der Waals surface area contributed by atoms with Crippen LogP contribution in [-0.4, -0.2) is 42.4 Å². The summed E-state index contributed by atoms with van der Waals surface area (Å²) in [6.45, 7) is 2.71. The van der Waals surface area contributed by atoms with Crippen LogP contribution in [0.1, 0.15) is 17.7 Å². The zero-order valence-corrected chi connectivity index (χ0v) is 13.7. The summed E-state index contributed by atoms with van der Waals surface area (Å²) in [7, 11) is 2.04. The number of nitrogens with zero attached hydrogens (tertiary/aromatic N) is 1. The molecule has 1 aromatic heterocycles. The van der Waals surface area contributed by atoms with Gasteiger partial charge >= 0.3 is 0 Å². The first-order valence-electron chi connectivity index (χ1n) is 7.22. The third-order valence-electron chi connectivity index (χ3n) is 4.00. The number of hydrogen-bond acceptors (Lipinski definition) is 4. The summed E-state index contributed by atoms with van der Waals surface area (Å²) in [6, 6.07) is 8.21. The summed E-state index contributed by atoms with van der Waals surface area (Å²) in [5, 5.41) is 12.5. The number of aliphatic hydroxyl groups is 1. The minimum atomic E-state index is -0.629. The second kappa shape index (κ2) is 6.23. The van der Waals surface area contributed by atoms with Crippen LogP contribution in [0.2, 0.25) is 5.02 Å². The van der Waals surface area contributed by atoms with Gasteiger partial charge in [-0.1, -0.05) is 29.8 Å². The van der Waals surface area contributed by atoms with Gasteiger partial charge in [-0.25, -0.2) is 0 Å². The van der Waals surface area contributed by atoms with E-state index in [9.17, 15) is 5.11 Å². The Labute approximate surface area is 134 Å². The first kappa shape index (κ1) is 15.3. The Kier molecular flexibility index (Phi) is 4.52. The zero-order chi connectivity index (χ0) is 14.9. The lowest BCUT2D eigenvalue weighted by Gasteiger charge is -2.35. The van der Waals surface area contributed by atoms with Gasteiger partial charge in [0.05, 0.1) is 10.6 Å². The lowest BCUT2D eigenvalue weighted by Crippen LogP contribution is -2.45. The lowest BCUT2D eigenvalue weighted by molar-refractivity contribution is -0.0776. The predicted molar refractivity (Wildman–Crippen MR) is 88.2 cm³/mol. The molecule has 0 spiro atoms.